The molecule has 3 heterocycles. The van der Waals surface area contributed by atoms with Gasteiger partial charge in [-0.3, -0.25) is 19.2 Å². The summed E-state index contributed by atoms with van der Waals surface area (Å²) in [5, 5.41) is 18.1. The van der Waals surface area contributed by atoms with Crippen molar-refractivity contribution in [1.29, 1.82) is 0 Å². The summed E-state index contributed by atoms with van der Waals surface area (Å²) in [5.74, 6) is -0.289. The number of amides is 2. The van der Waals surface area contributed by atoms with Crippen molar-refractivity contribution in [1.82, 2.24) is 15.4 Å². The SMILES string of the molecule is CCC/C(C)=N/NC(=O)CCC(=O)Cc1ccc2[nH]c(C(=O)Cc3ccc4[nH]c(C(=O)N5CC(CCl)c6c5cc(O)c5ccccc65)cc4c3)cc2c1. The second-order valence-corrected chi connectivity index (χ2v) is 14.1. The Labute approximate surface area is 311 Å². The van der Waals surface area contributed by atoms with E-state index in [1.807, 2.05) is 74.5 Å². The van der Waals surface area contributed by atoms with Crippen LogP contribution in [-0.4, -0.2) is 56.6 Å². The molecule has 4 N–H and O–H groups in total. The Bertz CT molecular complexity index is 2440. The first-order valence-corrected chi connectivity index (χ1v) is 18.4. The number of anilines is 1. The number of nitrogens with zero attached hydrogens (tertiary/aromatic N) is 2. The predicted octanol–water partition coefficient (Wildman–Crippen LogP) is 8.10. The van der Waals surface area contributed by atoms with Crippen molar-refractivity contribution in [3.8, 4) is 5.75 Å². The van der Waals surface area contributed by atoms with Crippen LogP contribution in [0.5, 0.6) is 5.75 Å². The van der Waals surface area contributed by atoms with E-state index in [2.05, 4.69) is 20.5 Å². The van der Waals surface area contributed by atoms with E-state index in [1.54, 1.807) is 23.1 Å². The van der Waals surface area contributed by atoms with E-state index in [0.717, 1.165) is 67.8 Å². The lowest BCUT2D eigenvalue weighted by atomic mass is 9.95. The topological polar surface area (TPSA) is 148 Å². The molecule has 10 nitrogen and oxygen atoms in total. The average molecular weight is 730 g/mol. The number of aromatic nitrogens is 2. The molecule has 1 unspecified atom stereocenters. The first-order valence-electron chi connectivity index (χ1n) is 17.8. The maximum Gasteiger partial charge on any atom is 0.274 e. The normalized spacial score (nSPS) is 14.3. The highest BCUT2D eigenvalue weighted by atomic mass is 35.5. The van der Waals surface area contributed by atoms with Crippen molar-refractivity contribution >= 4 is 79.0 Å². The smallest absolute Gasteiger partial charge is 0.274 e. The minimum atomic E-state index is -0.285. The van der Waals surface area contributed by atoms with Crippen molar-refractivity contribution in [2.24, 2.45) is 5.10 Å². The van der Waals surface area contributed by atoms with Crippen LogP contribution in [0.25, 0.3) is 32.6 Å². The summed E-state index contributed by atoms with van der Waals surface area (Å²) >= 11 is 6.38. The number of halogens is 1. The summed E-state index contributed by atoms with van der Waals surface area (Å²) in [7, 11) is 0. The first kappa shape index (κ1) is 35.7. The number of hydrazone groups is 1. The highest BCUT2D eigenvalue weighted by Crippen LogP contribution is 2.45. The Kier molecular flexibility index (Phi) is 10.1. The Morgan fingerprint density at radius 1 is 0.849 bits per heavy atom. The molecule has 1 atom stereocenters. The molecule has 1 aliphatic heterocycles. The van der Waals surface area contributed by atoms with Crippen LogP contribution in [0.3, 0.4) is 0 Å². The van der Waals surface area contributed by atoms with Gasteiger partial charge in [0, 0.05) is 83.0 Å². The van der Waals surface area contributed by atoms with Gasteiger partial charge in [-0.25, -0.2) is 5.43 Å². The van der Waals surface area contributed by atoms with Crippen LogP contribution in [-0.2, 0) is 22.4 Å². The van der Waals surface area contributed by atoms with E-state index in [0.29, 0.717) is 29.5 Å². The first-order chi connectivity index (χ1) is 25.6. The van der Waals surface area contributed by atoms with E-state index in [4.69, 9.17) is 11.6 Å². The summed E-state index contributed by atoms with van der Waals surface area (Å²) < 4.78 is 0. The van der Waals surface area contributed by atoms with Crippen LogP contribution < -0.4 is 10.3 Å². The Balaban J connectivity index is 1.01. The van der Waals surface area contributed by atoms with Crippen LogP contribution >= 0.6 is 11.6 Å². The number of benzene rings is 4. The number of rotatable bonds is 13. The molecule has 7 rings (SSSR count). The van der Waals surface area contributed by atoms with E-state index in [1.165, 1.54) is 0 Å². The summed E-state index contributed by atoms with van der Waals surface area (Å²) in [6, 6.07) is 24.1. The molecule has 0 bridgehead atoms. The highest BCUT2D eigenvalue weighted by Gasteiger charge is 2.35. The fourth-order valence-corrected chi connectivity index (χ4v) is 7.47. The summed E-state index contributed by atoms with van der Waals surface area (Å²) in [4.78, 5) is 60.1. The largest absolute Gasteiger partial charge is 0.507 e. The molecule has 0 spiro atoms. The molecule has 53 heavy (non-hydrogen) atoms. The van der Waals surface area contributed by atoms with Crippen molar-refractivity contribution in [3.05, 3.63) is 107 Å². The number of fused-ring (bicyclic) bond motifs is 5. The predicted molar refractivity (Wildman–Crippen MR) is 209 cm³/mol. The zero-order valence-corrected chi connectivity index (χ0v) is 30.3. The number of nitrogens with one attached hydrogen (secondary N) is 3. The number of H-pyrrole nitrogens is 2. The van der Waals surface area contributed by atoms with Crippen LogP contribution in [0, 0.1) is 0 Å². The second-order valence-electron chi connectivity index (χ2n) is 13.8. The number of aromatic amines is 2. The Morgan fingerprint density at radius 3 is 2.21 bits per heavy atom. The number of aromatic hydroxyl groups is 1. The van der Waals surface area contributed by atoms with E-state index in [9.17, 15) is 24.3 Å². The molecule has 0 fully saturated rings. The molecule has 11 heteroatoms. The monoisotopic (exact) mass is 729 g/mol. The molecule has 6 aromatic rings. The van der Waals surface area contributed by atoms with Gasteiger partial charge in [0.25, 0.3) is 5.91 Å². The molecular formula is C42H40ClN5O5. The molecule has 270 valence electrons. The number of Topliss-reactive ketones (excluding diaryl/α,β-unsaturated/α-hetero) is 2. The maximum atomic E-state index is 13.9. The fourth-order valence-electron chi connectivity index (χ4n) is 7.22. The lowest BCUT2D eigenvalue weighted by Gasteiger charge is -2.17. The Hall–Kier alpha value is -5.74. The zero-order valence-electron chi connectivity index (χ0n) is 29.6. The molecule has 4 aromatic carbocycles. The third kappa shape index (κ3) is 7.45. The van der Waals surface area contributed by atoms with Gasteiger partial charge in [-0.1, -0.05) is 49.7 Å². The highest BCUT2D eigenvalue weighted by molar-refractivity contribution is 6.19. The van der Waals surface area contributed by atoms with E-state index >= 15 is 0 Å². The van der Waals surface area contributed by atoms with Gasteiger partial charge in [0.1, 0.15) is 17.2 Å². The number of alkyl halides is 1. The van der Waals surface area contributed by atoms with Gasteiger partial charge in [-0.15, -0.1) is 11.6 Å². The third-order valence-electron chi connectivity index (χ3n) is 9.86. The van der Waals surface area contributed by atoms with Crippen molar-refractivity contribution in [3.63, 3.8) is 0 Å². The molecule has 1 aliphatic rings. The number of phenols is 1. The molecule has 0 radical (unpaired) electrons. The minimum Gasteiger partial charge on any atom is -0.507 e. The van der Waals surface area contributed by atoms with Crippen molar-refractivity contribution in [2.45, 2.75) is 58.3 Å². The van der Waals surface area contributed by atoms with Gasteiger partial charge in [-0.05, 0) is 71.8 Å². The van der Waals surface area contributed by atoms with Crippen molar-refractivity contribution < 1.29 is 24.3 Å². The van der Waals surface area contributed by atoms with Gasteiger partial charge in [0.05, 0.1) is 11.4 Å². The Morgan fingerprint density at radius 2 is 1.51 bits per heavy atom. The van der Waals surface area contributed by atoms with Crippen molar-refractivity contribution in [2.75, 3.05) is 17.3 Å². The quantitative estimate of drug-likeness (QED) is 0.0411. The summed E-state index contributed by atoms with van der Waals surface area (Å²) in [6.45, 7) is 4.30. The number of phenolic OH excluding ortho intramolecular Hbond substituents is 1. The third-order valence-corrected chi connectivity index (χ3v) is 10.2. The number of carbonyl (C=O) groups excluding carboxylic acids is 4. The second kappa shape index (κ2) is 15.1. The van der Waals surface area contributed by atoms with E-state index in [-0.39, 0.29) is 60.7 Å². The standard InChI is InChI=1S/C42H40ClN5O5/c1-3-6-24(2)46-47-40(52)14-11-30(49)17-25-9-12-33-27(15-25)19-35(44-33)39(51)18-26-10-13-34-28(16-26)20-36(45-34)42(53)48-23-29(22-43)41-32-8-5-4-7-31(32)38(50)21-37(41)48/h4-5,7-10,12-13,15-16,19-21,29,44-45,50H,3,6,11,14,17-18,22-23H2,1-2H3,(H,47,52)/b46-24+. The van der Waals surface area contributed by atoms with Gasteiger partial charge in [-0.2, -0.15) is 5.10 Å². The number of ketones is 2. The molecular weight excluding hydrogens is 690 g/mol. The fraction of sp³-hybridized carbons (Fsp3) is 0.262. The van der Waals surface area contributed by atoms with Crippen LogP contribution in [0.2, 0.25) is 0 Å². The zero-order chi connectivity index (χ0) is 37.2. The molecule has 0 saturated heterocycles. The molecule has 0 aliphatic carbocycles. The van der Waals surface area contributed by atoms with Gasteiger partial charge in [0.15, 0.2) is 5.78 Å². The number of hydrogen-bond acceptors (Lipinski definition) is 6. The summed E-state index contributed by atoms with van der Waals surface area (Å²) in [6.07, 6.45) is 2.28. The van der Waals surface area contributed by atoms with Gasteiger partial charge < -0.3 is 20.0 Å². The molecule has 2 aromatic heterocycles. The van der Waals surface area contributed by atoms with Crippen LogP contribution in [0.4, 0.5) is 5.69 Å². The average Bonchev–Trinajstić information content (AvgIpc) is 3.88. The maximum absolute atomic E-state index is 13.9. The molecule has 0 saturated carbocycles. The number of carbonyl (C=O) groups is 4. The molecule has 2 amide bonds. The lowest BCUT2D eigenvalue weighted by molar-refractivity contribution is -0.125. The van der Waals surface area contributed by atoms with Crippen LogP contribution in [0.1, 0.15) is 83.1 Å². The van der Waals surface area contributed by atoms with Crippen LogP contribution in [0.15, 0.2) is 84.0 Å². The lowest BCUT2D eigenvalue weighted by Crippen LogP contribution is -2.30. The minimum absolute atomic E-state index is 0.0526. The van der Waals surface area contributed by atoms with Gasteiger partial charge in [0.2, 0.25) is 5.91 Å². The number of hydrogen-bond donors (Lipinski definition) is 4. The van der Waals surface area contributed by atoms with Gasteiger partial charge >= 0.3 is 0 Å². The summed E-state index contributed by atoms with van der Waals surface area (Å²) in [5.41, 5.74) is 8.99. The van der Waals surface area contributed by atoms with E-state index < -0.39 is 0 Å².